The quantitative estimate of drug-likeness (QED) is 0.329. The summed E-state index contributed by atoms with van der Waals surface area (Å²) < 4.78 is 10.8. The third-order valence-corrected chi connectivity index (χ3v) is 4.32. The second-order valence-electron chi connectivity index (χ2n) is 6.41. The molecular formula is C23H28O3. The van der Waals surface area contributed by atoms with Crippen molar-refractivity contribution in [1.82, 2.24) is 0 Å². The van der Waals surface area contributed by atoms with Crippen molar-refractivity contribution in [3.05, 3.63) is 70.8 Å². The van der Waals surface area contributed by atoms with E-state index < -0.39 is 0 Å². The summed E-state index contributed by atoms with van der Waals surface area (Å²) in [5.74, 6) is 0.582. The number of methoxy groups -OCH3 is 1. The molecule has 138 valence electrons. The normalized spacial score (nSPS) is 11.3. The number of ether oxygens (including phenoxy) is 2. The highest BCUT2D eigenvalue weighted by Crippen LogP contribution is 2.22. The maximum atomic E-state index is 12.0. The first-order chi connectivity index (χ1) is 12.6. The van der Waals surface area contributed by atoms with Crippen LogP contribution in [0.25, 0.3) is 6.08 Å². The molecule has 0 heterocycles. The van der Waals surface area contributed by atoms with Crippen LogP contribution in [-0.2, 0) is 16.1 Å². The van der Waals surface area contributed by atoms with E-state index in [9.17, 15) is 4.79 Å². The van der Waals surface area contributed by atoms with Crippen molar-refractivity contribution in [2.24, 2.45) is 0 Å². The van der Waals surface area contributed by atoms with Gasteiger partial charge in [0.25, 0.3) is 0 Å². The fourth-order valence-electron chi connectivity index (χ4n) is 2.76. The molecule has 0 saturated carbocycles. The predicted molar refractivity (Wildman–Crippen MR) is 106 cm³/mol. The predicted octanol–water partition coefficient (Wildman–Crippen LogP) is 5.71. The smallest absolute Gasteiger partial charge is 0.333 e. The van der Waals surface area contributed by atoms with Gasteiger partial charge in [0.2, 0.25) is 0 Å². The van der Waals surface area contributed by atoms with E-state index in [-0.39, 0.29) is 5.97 Å². The number of hydrogen-bond acceptors (Lipinski definition) is 3. The Balaban J connectivity index is 2.09. The molecule has 0 radical (unpaired) electrons. The highest BCUT2D eigenvalue weighted by atomic mass is 16.5. The van der Waals surface area contributed by atoms with Crippen molar-refractivity contribution in [3.8, 4) is 5.75 Å². The molecule has 0 aliphatic heterocycles. The van der Waals surface area contributed by atoms with E-state index in [2.05, 4.69) is 6.92 Å². The van der Waals surface area contributed by atoms with Gasteiger partial charge in [-0.1, -0.05) is 56.2 Å². The average molecular weight is 352 g/mol. The lowest BCUT2D eigenvalue weighted by molar-refractivity contribution is -0.136. The summed E-state index contributed by atoms with van der Waals surface area (Å²) in [6.07, 6.45) is 5.92. The average Bonchev–Trinajstić information content (AvgIpc) is 2.67. The van der Waals surface area contributed by atoms with E-state index in [0.29, 0.717) is 6.61 Å². The number of esters is 1. The van der Waals surface area contributed by atoms with Gasteiger partial charge < -0.3 is 9.47 Å². The maximum Gasteiger partial charge on any atom is 0.333 e. The van der Waals surface area contributed by atoms with Gasteiger partial charge in [-0.3, -0.25) is 0 Å². The minimum Gasteiger partial charge on any atom is -0.489 e. The minimum atomic E-state index is -0.245. The maximum absolute atomic E-state index is 12.0. The molecular weight excluding hydrogens is 324 g/mol. The second-order valence-corrected chi connectivity index (χ2v) is 6.41. The molecule has 0 unspecified atom stereocenters. The molecule has 26 heavy (non-hydrogen) atoms. The molecule has 0 amide bonds. The SMILES string of the molecule is CCCCCC(=Cc1ccc(OCc2ccccc2)cc1C)C(=O)OC. The molecule has 0 atom stereocenters. The largest absolute Gasteiger partial charge is 0.489 e. The Kier molecular flexibility index (Phi) is 7.94. The summed E-state index contributed by atoms with van der Waals surface area (Å²) in [6, 6.07) is 16.0. The number of hydrogen-bond donors (Lipinski definition) is 0. The molecule has 0 N–H and O–H groups in total. The Morgan fingerprint density at radius 1 is 1.08 bits per heavy atom. The molecule has 0 aromatic heterocycles. The van der Waals surface area contributed by atoms with Gasteiger partial charge in [-0.05, 0) is 54.7 Å². The van der Waals surface area contributed by atoms with Crippen molar-refractivity contribution in [3.63, 3.8) is 0 Å². The van der Waals surface area contributed by atoms with Crippen molar-refractivity contribution in [2.75, 3.05) is 7.11 Å². The van der Waals surface area contributed by atoms with Gasteiger partial charge in [0.1, 0.15) is 12.4 Å². The summed E-state index contributed by atoms with van der Waals surface area (Å²) in [5, 5.41) is 0. The standard InChI is InChI=1S/C23H28O3/c1-4-5-7-12-21(23(24)25-3)16-20-13-14-22(15-18(20)2)26-17-19-10-8-6-9-11-19/h6,8-11,13-16H,4-5,7,12,17H2,1-3H3. The van der Waals surface area contributed by atoms with Gasteiger partial charge in [0.15, 0.2) is 0 Å². The van der Waals surface area contributed by atoms with E-state index in [4.69, 9.17) is 9.47 Å². The van der Waals surface area contributed by atoms with Crippen molar-refractivity contribution in [2.45, 2.75) is 46.1 Å². The Labute approximate surface area is 156 Å². The lowest BCUT2D eigenvalue weighted by atomic mass is 10.0. The lowest BCUT2D eigenvalue weighted by Crippen LogP contribution is -2.05. The number of aryl methyl sites for hydroxylation is 1. The molecule has 0 bridgehead atoms. The number of carbonyl (C=O) groups is 1. The van der Waals surface area contributed by atoms with Gasteiger partial charge in [-0.25, -0.2) is 4.79 Å². The zero-order valence-electron chi connectivity index (χ0n) is 16.0. The molecule has 2 aromatic rings. The first kappa shape index (κ1) is 19.8. The molecule has 0 aliphatic rings. The van der Waals surface area contributed by atoms with Crippen LogP contribution < -0.4 is 4.74 Å². The zero-order valence-corrected chi connectivity index (χ0v) is 16.0. The fraction of sp³-hybridized carbons (Fsp3) is 0.348. The van der Waals surface area contributed by atoms with Crippen LogP contribution in [0.4, 0.5) is 0 Å². The van der Waals surface area contributed by atoms with Crippen LogP contribution in [0.2, 0.25) is 0 Å². The number of rotatable bonds is 9. The summed E-state index contributed by atoms with van der Waals surface area (Å²) >= 11 is 0. The second kappa shape index (κ2) is 10.4. The molecule has 0 aliphatic carbocycles. The van der Waals surface area contributed by atoms with Gasteiger partial charge >= 0.3 is 5.97 Å². The molecule has 0 saturated heterocycles. The molecule has 3 nitrogen and oxygen atoms in total. The van der Waals surface area contributed by atoms with Crippen LogP contribution in [-0.4, -0.2) is 13.1 Å². The molecule has 3 heteroatoms. The van der Waals surface area contributed by atoms with Crippen molar-refractivity contribution < 1.29 is 14.3 Å². The van der Waals surface area contributed by atoms with Crippen LogP contribution in [0.5, 0.6) is 5.75 Å². The van der Waals surface area contributed by atoms with Gasteiger partial charge in [-0.2, -0.15) is 0 Å². The Hall–Kier alpha value is -2.55. The highest BCUT2D eigenvalue weighted by molar-refractivity contribution is 5.93. The minimum absolute atomic E-state index is 0.245. The number of benzene rings is 2. The first-order valence-electron chi connectivity index (χ1n) is 9.20. The van der Waals surface area contributed by atoms with E-state index in [0.717, 1.165) is 53.7 Å². The molecule has 0 spiro atoms. The summed E-state index contributed by atoms with van der Waals surface area (Å²) in [5.41, 5.74) is 3.96. The summed E-state index contributed by atoms with van der Waals surface area (Å²) in [4.78, 5) is 12.0. The van der Waals surface area contributed by atoms with Crippen molar-refractivity contribution >= 4 is 12.0 Å². The van der Waals surface area contributed by atoms with E-state index in [1.165, 1.54) is 7.11 Å². The van der Waals surface area contributed by atoms with E-state index >= 15 is 0 Å². The van der Waals surface area contributed by atoms with Crippen LogP contribution >= 0.6 is 0 Å². The monoisotopic (exact) mass is 352 g/mol. The Morgan fingerprint density at radius 3 is 2.50 bits per heavy atom. The summed E-state index contributed by atoms with van der Waals surface area (Å²) in [7, 11) is 1.43. The topological polar surface area (TPSA) is 35.5 Å². The van der Waals surface area contributed by atoms with E-state index in [1.54, 1.807) is 0 Å². The Bertz CT molecular complexity index is 732. The molecule has 2 aromatic carbocycles. The van der Waals surface area contributed by atoms with Gasteiger partial charge in [0.05, 0.1) is 7.11 Å². The van der Waals surface area contributed by atoms with Crippen LogP contribution in [0.15, 0.2) is 54.1 Å². The van der Waals surface area contributed by atoms with Crippen LogP contribution in [0, 0.1) is 6.92 Å². The van der Waals surface area contributed by atoms with E-state index in [1.807, 2.05) is 61.5 Å². The molecule has 0 fully saturated rings. The molecule has 2 rings (SSSR count). The van der Waals surface area contributed by atoms with Crippen LogP contribution in [0.1, 0.15) is 49.3 Å². The highest BCUT2D eigenvalue weighted by Gasteiger charge is 2.10. The fourth-order valence-corrected chi connectivity index (χ4v) is 2.76. The third kappa shape index (κ3) is 6.07. The zero-order chi connectivity index (χ0) is 18.8. The van der Waals surface area contributed by atoms with Crippen molar-refractivity contribution in [1.29, 1.82) is 0 Å². The number of carbonyl (C=O) groups excluding carboxylic acids is 1. The lowest BCUT2D eigenvalue weighted by Gasteiger charge is -2.10. The first-order valence-corrected chi connectivity index (χ1v) is 9.20. The Morgan fingerprint density at radius 2 is 1.85 bits per heavy atom. The van der Waals surface area contributed by atoms with Crippen LogP contribution in [0.3, 0.4) is 0 Å². The van der Waals surface area contributed by atoms with Gasteiger partial charge in [-0.15, -0.1) is 0 Å². The van der Waals surface area contributed by atoms with Gasteiger partial charge in [0, 0.05) is 5.57 Å². The summed E-state index contributed by atoms with van der Waals surface area (Å²) in [6.45, 7) is 4.72. The third-order valence-electron chi connectivity index (χ3n) is 4.32. The number of unbranched alkanes of at least 4 members (excludes halogenated alkanes) is 2.